The Bertz CT molecular complexity index is 193. The Kier molecular flexibility index (Phi) is 4.92. The third-order valence-corrected chi connectivity index (χ3v) is 2.76. The number of ether oxygens (including phenoxy) is 2. The molecule has 0 N–H and O–H groups in total. The zero-order valence-electron chi connectivity index (χ0n) is 9.99. The molecule has 0 aromatic rings. The van der Waals surface area contributed by atoms with Crippen molar-refractivity contribution in [2.75, 3.05) is 6.61 Å². The first-order valence-corrected chi connectivity index (χ1v) is 5.91. The number of rotatable bonds is 3. The van der Waals surface area contributed by atoms with E-state index in [4.69, 9.17) is 9.47 Å². The molecule has 0 aromatic heterocycles. The van der Waals surface area contributed by atoms with Crippen molar-refractivity contribution >= 4 is 6.16 Å². The lowest BCUT2D eigenvalue weighted by molar-refractivity contribution is 0.00206. The summed E-state index contributed by atoms with van der Waals surface area (Å²) in [4.78, 5) is 11.3. The highest BCUT2D eigenvalue weighted by molar-refractivity contribution is 5.60. The number of hydrogen-bond donors (Lipinski definition) is 0. The Labute approximate surface area is 92.1 Å². The molecule has 0 radical (unpaired) electrons. The molecule has 88 valence electrons. The fraction of sp³-hybridized carbons (Fsp3) is 0.917. The molecule has 1 rings (SSSR count). The second-order valence-electron chi connectivity index (χ2n) is 4.95. The Morgan fingerprint density at radius 2 is 1.87 bits per heavy atom. The molecule has 0 bridgehead atoms. The molecule has 0 spiro atoms. The minimum atomic E-state index is -0.497. The summed E-state index contributed by atoms with van der Waals surface area (Å²) < 4.78 is 10.2. The zero-order valence-corrected chi connectivity index (χ0v) is 9.99. The number of carbonyl (C=O) groups excluding carboxylic acids is 1. The molecule has 1 aliphatic rings. The fourth-order valence-corrected chi connectivity index (χ4v) is 1.75. The van der Waals surface area contributed by atoms with Crippen LogP contribution in [0.4, 0.5) is 4.79 Å². The van der Waals surface area contributed by atoms with Gasteiger partial charge in [-0.1, -0.05) is 20.8 Å². The third-order valence-electron chi connectivity index (χ3n) is 2.76. The number of hydrogen-bond acceptors (Lipinski definition) is 3. The minimum absolute atomic E-state index is 0.0841. The van der Waals surface area contributed by atoms with Crippen LogP contribution in [0.25, 0.3) is 0 Å². The molecule has 1 saturated carbocycles. The minimum Gasteiger partial charge on any atom is -0.434 e. The van der Waals surface area contributed by atoms with Gasteiger partial charge < -0.3 is 9.47 Å². The average Bonchev–Trinajstić information content (AvgIpc) is 2.19. The maximum Gasteiger partial charge on any atom is 0.508 e. The van der Waals surface area contributed by atoms with Crippen molar-refractivity contribution in [1.82, 2.24) is 0 Å². The van der Waals surface area contributed by atoms with Gasteiger partial charge in [-0.05, 0) is 37.5 Å². The summed E-state index contributed by atoms with van der Waals surface area (Å²) in [5, 5.41) is 0. The van der Waals surface area contributed by atoms with Gasteiger partial charge in [0.15, 0.2) is 0 Å². The lowest BCUT2D eigenvalue weighted by Crippen LogP contribution is -2.24. The monoisotopic (exact) mass is 214 g/mol. The van der Waals surface area contributed by atoms with Crippen molar-refractivity contribution in [2.45, 2.75) is 52.6 Å². The predicted octanol–water partition coefficient (Wildman–Crippen LogP) is 3.37. The first-order valence-electron chi connectivity index (χ1n) is 5.91. The van der Waals surface area contributed by atoms with Gasteiger partial charge in [0.1, 0.15) is 6.10 Å². The van der Waals surface area contributed by atoms with Crippen molar-refractivity contribution < 1.29 is 14.3 Å². The van der Waals surface area contributed by atoms with Gasteiger partial charge in [0, 0.05) is 0 Å². The maximum atomic E-state index is 11.3. The first kappa shape index (κ1) is 12.3. The average molecular weight is 214 g/mol. The summed E-state index contributed by atoms with van der Waals surface area (Å²) in [7, 11) is 0. The van der Waals surface area contributed by atoms with Gasteiger partial charge in [0.05, 0.1) is 6.61 Å². The standard InChI is InChI=1S/C12H22O3/c1-9(2)8-14-12(13)15-11-6-4-10(3)5-7-11/h9-11H,4-8H2,1-3H3. The van der Waals surface area contributed by atoms with Gasteiger partial charge in [-0.25, -0.2) is 4.79 Å². The van der Waals surface area contributed by atoms with Crippen LogP contribution < -0.4 is 0 Å². The van der Waals surface area contributed by atoms with Gasteiger partial charge in [-0.15, -0.1) is 0 Å². The van der Waals surface area contributed by atoms with Crippen molar-refractivity contribution in [3.05, 3.63) is 0 Å². The lowest BCUT2D eigenvalue weighted by Gasteiger charge is -2.25. The molecule has 0 atom stereocenters. The van der Waals surface area contributed by atoms with Gasteiger partial charge in [0.25, 0.3) is 0 Å². The summed E-state index contributed by atoms with van der Waals surface area (Å²) in [6, 6.07) is 0. The highest BCUT2D eigenvalue weighted by Gasteiger charge is 2.22. The zero-order chi connectivity index (χ0) is 11.3. The topological polar surface area (TPSA) is 35.5 Å². The molecular weight excluding hydrogens is 192 g/mol. The van der Waals surface area contributed by atoms with E-state index < -0.39 is 6.16 Å². The lowest BCUT2D eigenvalue weighted by atomic mass is 9.89. The van der Waals surface area contributed by atoms with E-state index in [1.807, 2.05) is 13.8 Å². The van der Waals surface area contributed by atoms with E-state index in [1.54, 1.807) is 0 Å². The molecule has 3 nitrogen and oxygen atoms in total. The van der Waals surface area contributed by atoms with E-state index in [1.165, 1.54) is 0 Å². The fourth-order valence-electron chi connectivity index (χ4n) is 1.75. The van der Waals surface area contributed by atoms with Gasteiger partial charge >= 0.3 is 6.16 Å². The normalized spacial score (nSPS) is 26.4. The maximum absolute atomic E-state index is 11.3. The van der Waals surface area contributed by atoms with Gasteiger partial charge in [-0.2, -0.15) is 0 Å². The highest BCUT2D eigenvalue weighted by atomic mass is 16.7. The molecule has 0 saturated heterocycles. The van der Waals surface area contributed by atoms with Crippen LogP contribution >= 0.6 is 0 Å². The van der Waals surface area contributed by atoms with Crippen LogP contribution in [0.2, 0.25) is 0 Å². The Hall–Kier alpha value is -0.730. The molecule has 0 amide bonds. The van der Waals surface area contributed by atoms with Crippen LogP contribution in [0.15, 0.2) is 0 Å². The number of carbonyl (C=O) groups is 1. The summed E-state index contributed by atoms with van der Waals surface area (Å²) in [6.45, 7) is 6.71. The Balaban J connectivity index is 2.15. The van der Waals surface area contributed by atoms with Gasteiger partial charge in [0.2, 0.25) is 0 Å². The second-order valence-corrected chi connectivity index (χ2v) is 4.95. The Morgan fingerprint density at radius 1 is 1.27 bits per heavy atom. The molecule has 0 heterocycles. The van der Waals surface area contributed by atoms with Crippen molar-refractivity contribution in [1.29, 1.82) is 0 Å². The largest absolute Gasteiger partial charge is 0.508 e. The molecule has 1 aliphatic carbocycles. The SMILES string of the molecule is CC(C)COC(=O)OC1CCC(C)CC1. The van der Waals surface area contributed by atoms with Crippen LogP contribution in [-0.4, -0.2) is 18.9 Å². The Morgan fingerprint density at radius 3 is 2.40 bits per heavy atom. The van der Waals surface area contributed by atoms with E-state index in [0.717, 1.165) is 31.6 Å². The smallest absolute Gasteiger partial charge is 0.434 e. The predicted molar refractivity (Wildman–Crippen MR) is 58.7 cm³/mol. The molecule has 15 heavy (non-hydrogen) atoms. The van der Waals surface area contributed by atoms with Crippen LogP contribution in [-0.2, 0) is 9.47 Å². The summed E-state index contributed by atoms with van der Waals surface area (Å²) in [5.74, 6) is 1.14. The molecule has 0 unspecified atom stereocenters. The second kappa shape index (κ2) is 5.99. The van der Waals surface area contributed by atoms with Crippen LogP contribution in [0, 0.1) is 11.8 Å². The van der Waals surface area contributed by atoms with E-state index >= 15 is 0 Å². The molecular formula is C12H22O3. The summed E-state index contributed by atoms with van der Waals surface area (Å²) in [6.07, 6.45) is 3.87. The van der Waals surface area contributed by atoms with Crippen molar-refractivity contribution in [3.8, 4) is 0 Å². The van der Waals surface area contributed by atoms with Crippen molar-refractivity contribution in [2.24, 2.45) is 11.8 Å². The third kappa shape index (κ3) is 5.05. The highest BCUT2D eigenvalue weighted by Crippen LogP contribution is 2.25. The van der Waals surface area contributed by atoms with Crippen LogP contribution in [0.5, 0.6) is 0 Å². The van der Waals surface area contributed by atoms with E-state index in [2.05, 4.69) is 6.92 Å². The van der Waals surface area contributed by atoms with E-state index in [-0.39, 0.29) is 6.10 Å². The first-order chi connectivity index (χ1) is 7.08. The molecule has 3 heteroatoms. The van der Waals surface area contributed by atoms with E-state index in [9.17, 15) is 4.79 Å². The summed E-state index contributed by atoms with van der Waals surface area (Å²) >= 11 is 0. The quantitative estimate of drug-likeness (QED) is 0.676. The van der Waals surface area contributed by atoms with Gasteiger partial charge in [-0.3, -0.25) is 0 Å². The molecule has 0 aromatic carbocycles. The molecule has 1 fully saturated rings. The molecule has 0 aliphatic heterocycles. The van der Waals surface area contributed by atoms with Crippen LogP contribution in [0.1, 0.15) is 46.5 Å². The van der Waals surface area contributed by atoms with Crippen LogP contribution in [0.3, 0.4) is 0 Å². The van der Waals surface area contributed by atoms with Crippen molar-refractivity contribution in [3.63, 3.8) is 0 Å². The summed E-state index contributed by atoms with van der Waals surface area (Å²) in [5.41, 5.74) is 0. The van der Waals surface area contributed by atoms with E-state index in [0.29, 0.717) is 12.5 Å².